The first kappa shape index (κ1) is 10.9. The van der Waals surface area contributed by atoms with Gasteiger partial charge in [0.05, 0.1) is 7.11 Å². The van der Waals surface area contributed by atoms with Gasteiger partial charge in [0.25, 0.3) is 0 Å². The Morgan fingerprint density at radius 1 is 1.57 bits per heavy atom. The highest BCUT2D eigenvalue weighted by molar-refractivity contribution is 6.30. The Labute approximate surface area is 87.3 Å². The lowest BCUT2D eigenvalue weighted by Crippen LogP contribution is -2.01. The van der Waals surface area contributed by atoms with Crippen molar-refractivity contribution in [1.82, 2.24) is 0 Å². The molecule has 0 saturated heterocycles. The Morgan fingerprint density at radius 2 is 2.29 bits per heavy atom. The fourth-order valence-electron chi connectivity index (χ4n) is 1.09. The van der Waals surface area contributed by atoms with Crippen molar-refractivity contribution in [3.05, 3.63) is 28.8 Å². The van der Waals surface area contributed by atoms with Crippen LogP contribution in [0.4, 0.5) is 0 Å². The molecule has 76 valence electrons. The van der Waals surface area contributed by atoms with Gasteiger partial charge in [0.1, 0.15) is 5.75 Å². The minimum atomic E-state index is -0.302. The predicted octanol–water partition coefficient (Wildman–Crippen LogP) is 2.15. The molecule has 0 aliphatic heterocycles. The number of hydrogen-bond acceptors (Lipinski definition) is 3. The van der Waals surface area contributed by atoms with Crippen molar-refractivity contribution in [3.8, 4) is 5.75 Å². The lowest BCUT2D eigenvalue weighted by Gasteiger charge is -2.03. The number of ether oxygens (including phenoxy) is 1. The second-order valence-corrected chi connectivity index (χ2v) is 3.29. The Hall–Kier alpha value is -1.22. The lowest BCUT2D eigenvalue weighted by molar-refractivity contribution is -0.140. The van der Waals surface area contributed by atoms with E-state index in [-0.39, 0.29) is 18.1 Å². The number of methoxy groups -OCH3 is 1. The predicted molar refractivity (Wildman–Crippen MR) is 53.5 cm³/mol. The van der Waals surface area contributed by atoms with E-state index in [0.717, 1.165) is 0 Å². The molecule has 0 bridgehead atoms. The Morgan fingerprint density at radius 3 is 2.93 bits per heavy atom. The van der Waals surface area contributed by atoms with E-state index in [0.29, 0.717) is 17.0 Å². The average Bonchev–Trinajstić information content (AvgIpc) is 2.19. The first-order valence-corrected chi connectivity index (χ1v) is 4.55. The molecule has 1 rings (SSSR count). The standard InChI is InChI=1S/C10H11ClO3/c1-14-10(13)5-2-7-6-8(11)3-4-9(7)12/h3-4,6,12H,2,5H2,1H3. The molecule has 0 saturated carbocycles. The zero-order chi connectivity index (χ0) is 10.6. The number of phenols is 1. The van der Waals surface area contributed by atoms with Gasteiger partial charge >= 0.3 is 5.97 Å². The van der Waals surface area contributed by atoms with E-state index in [1.54, 1.807) is 12.1 Å². The molecule has 0 fully saturated rings. The Balaban J connectivity index is 2.66. The first-order chi connectivity index (χ1) is 6.63. The van der Waals surface area contributed by atoms with Gasteiger partial charge in [-0.25, -0.2) is 0 Å². The molecule has 0 amide bonds. The highest BCUT2D eigenvalue weighted by Crippen LogP contribution is 2.22. The molecule has 0 aliphatic carbocycles. The van der Waals surface area contributed by atoms with Crippen molar-refractivity contribution in [1.29, 1.82) is 0 Å². The molecule has 0 unspecified atom stereocenters. The van der Waals surface area contributed by atoms with E-state index in [2.05, 4.69) is 4.74 Å². The fraction of sp³-hybridized carbons (Fsp3) is 0.300. The summed E-state index contributed by atoms with van der Waals surface area (Å²) in [5.74, 6) is -0.150. The minimum absolute atomic E-state index is 0.151. The molecule has 14 heavy (non-hydrogen) atoms. The number of carbonyl (C=O) groups is 1. The number of benzene rings is 1. The highest BCUT2D eigenvalue weighted by atomic mass is 35.5. The third-order valence-electron chi connectivity index (χ3n) is 1.87. The normalized spacial score (nSPS) is 9.86. The number of esters is 1. The van der Waals surface area contributed by atoms with Crippen LogP contribution in [0.2, 0.25) is 5.02 Å². The minimum Gasteiger partial charge on any atom is -0.508 e. The third kappa shape index (κ3) is 2.92. The summed E-state index contributed by atoms with van der Waals surface area (Å²) in [6.45, 7) is 0. The lowest BCUT2D eigenvalue weighted by atomic mass is 10.1. The molecular formula is C10H11ClO3. The van der Waals surface area contributed by atoms with Gasteiger partial charge in [-0.2, -0.15) is 0 Å². The van der Waals surface area contributed by atoms with Crippen LogP contribution in [-0.4, -0.2) is 18.2 Å². The van der Waals surface area contributed by atoms with E-state index < -0.39 is 0 Å². The van der Waals surface area contributed by atoms with Crippen LogP contribution >= 0.6 is 11.6 Å². The monoisotopic (exact) mass is 214 g/mol. The second-order valence-electron chi connectivity index (χ2n) is 2.85. The number of aryl methyl sites for hydroxylation is 1. The summed E-state index contributed by atoms with van der Waals surface area (Å²) in [5.41, 5.74) is 0.655. The number of hydrogen-bond donors (Lipinski definition) is 1. The maximum atomic E-state index is 10.8. The summed E-state index contributed by atoms with van der Waals surface area (Å²) in [4.78, 5) is 10.8. The van der Waals surface area contributed by atoms with Gasteiger partial charge < -0.3 is 9.84 Å². The Kier molecular flexibility index (Phi) is 3.77. The van der Waals surface area contributed by atoms with Crippen molar-refractivity contribution in [2.24, 2.45) is 0 Å². The zero-order valence-electron chi connectivity index (χ0n) is 7.79. The van der Waals surface area contributed by atoms with Crippen molar-refractivity contribution < 1.29 is 14.6 Å². The van der Waals surface area contributed by atoms with Gasteiger partial charge in [-0.05, 0) is 30.2 Å². The van der Waals surface area contributed by atoms with E-state index in [1.807, 2.05) is 0 Å². The number of rotatable bonds is 3. The summed E-state index contributed by atoms with van der Waals surface area (Å²) in [5, 5.41) is 9.95. The molecule has 1 aromatic rings. The molecule has 3 nitrogen and oxygen atoms in total. The number of halogens is 1. The summed E-state index contributed by atoms with van der Waals surface area (Å²) >= 11 is 5.74. The van der Waals surface area contributed by atoms with Crippen LogP contribution in [-0.2, 0) is 16.0 Å². The van der Waals surface area contributed by atoms with Crippen molar-refractivity contribution in [3.63, 3.8) is 0 Å². The smallest absolute Gasteiger partial charge is 0.305 e. The molecule has 0 aliphatic rings. The van der Waals surface area contributed by atoms with E-state index in [1.165, 1.54) is 13.2 Å². The number of carbonyl (C=O) groups excluding carboxylic acids is 1. The maximum Gasteiger partial charge on any atom is 0.305 e. The third-order valence-corrected chi connectivity index (χ3v) is 2.10. The maximum absolute atomic E-state index is 10.8. The summed E-state index contributed by atoms with van der Waals surface area (Å²) < 4.78 is 4.49. The van der Waals surface area contributed by atoms with Gasteiger partial charge in [0, 0.05) is 11.4 Å². The summed E-state index contributed by atoms with van der Waals surface area (Å²) in [6.07, 6.45) is 0.670. The van der Waals surface area contributed by atoms with E-state index in [9.17, 15) is 9.90 Å². The van der Waals surface area contributed by atoms with Crippen LogP contribution in [0.3, 0.4) is 0 Å². The molecular weight excluding hydrogens is 204 g/mol. The van der Waals surface area contributed by atoms with Gasteiger partial charge in [-0.15, -0.1) is 0 Å². The Bertz CT molecular complexity index is 336. The molecule has 0 aromatic heterocycles. The van der Waals surface area contributed by atoms with E-state index in [4.69, 9.17) is 11.6 Å². The van der Waals surface area contributed by atoms with Crippen LogP contribution < -0.4 is 0 Å². The van der Waals surface area contributed by atoms with Gasteiger partial charge in [-0.1, -0.05) is 11.6 Å². The molecule has 0 heterocycles. The number of phenolic OH excluding ortho intramolecular Hbond substituents is 1. The first-order valence-electron chi connectivity index (χ1n) is 4.17. The SMILES string of the molecule is COC(=O)CCc1cc(Cl)ccc1O. The quantitative estimate of drug-likeness (QED) is 0.785. The van der Waals surface area contributed by atoms with Gasteiger partial charge in [0.15, 0.2) is 0 Å². The topological polar surface area (TPSA) is 46.5 Å². The van der Waals surface area contributed by atoms with Crippen LogP contribution in [0, 0.1) is 0 Å². The molecule has 1 N–H and O–H groups in total. The van der Waals surface area contributed by atoms with Crippen molar-refractivity contribution >= 4 is 17.6 Å². The van der Waals surface area contributed by atoms with Crippen LogP contribution in [0.25, 0.3) is 0 Å². The largest absolute Gasteiger partial charge is 0.508 e. The van der Waals surface area contributed by atoms with E-state index >= 15 is 0 Å². The zero-order valence-corrected chi connectivity index (χ0v) is 8.54. The molecule has 1 aromatic carbocycles. The summed E-state index contributed by atoms with van der Waals surface area (Å²) in [6, 6.07) is 4.74. The second kappa shape index (κ2) is 4.86. The molecule has 0 spiro atoms. The van der Waals surface area contributed by atoms with Crippen molar-refractivity contribution in [2.75, 3.05) is 7.11 Å². The summed E-state index contributed by atoms with van der Waals surface area (Å²) in [7, 11) is 1.33. The van der Waals surface area contributed by atoms with Crippen LogP contribution in [0.15, 0.2) is 18.2 Å². The fourth-order valence-corrected chi connectivity index (χ4v) is 1.29. The highest BCUT2D eigenvalue weighted by Gasteiger charge is 2.05. The average molecular weight is 215 g/mol. The molecule has 0 atom stereocenters. The van der Waals surface area contributed by atoms with Crippen molar-refractivity contribution in [2.45, 2.75) is 12.8 Å². The van der Waals surface area contributed by atoms with Crippen LogP contribution in [0.1, 0.15) is 12.0 Å². The molecule has 0 radical (unpaired) electrons. The van der Waals surface area contributed by atoms with Crippen LogP contribution in [0.5, 0.6) is 5.75 Å². The van der Waals surface area contributed by atoms with Gasteiger partial charge in [-0.3, -0.25) is 4.79 Å². The van der Waals surface area contributed by atoms with Gasteiger partial charge in [0.2, 0.25) is 0 Å². The number of aromatic hydroxyl groups is 1. The molecule has 4 heteroatoms.